The molecule has 8 heteroatoms. The third-order valence-corrected chi connectivity index (χ3v) is 4.36. The molecule has 1 amide bonds. The monoisotopic (exact) mass is 357 g/mol. The highest BCUT2D eigenvalue weighted by Crippen LogP contribution is 2.31. The Bertz CT molecular complexity index is 627. The Balaban J connectivity index is 2.25. The Hall–Kier alpha value is -2.38. The minimum atomic E-state index is -3.07. The standard InChI is InChI=1S/C17H21F2NO5/c1-24-12-7-6-11(10-13(12)25-16(18)19)14(21)20-17(15(22)23)8-4-2-3-5-9-17/h6-7,10,16H,2-5,8-9H2,1H3,(H,20,21)(H,22,23). The molecule has 1 aliphatic carbocycles. The summed E-state index contributed by atoms with van der Waals surface area (Å²) in [5.74, 6) is -1.96. The molecule has 0 saturated heterocycles. The second kappa shape index (κ2) is 8.13. The second-order valence-electron chi connectivity index (χ2n) is 6.00. The zero-order valence-corrected chi connectivity index (χ0v) is 13.9. The summed E-state index contributed by atoms with van der Waals surface area (Å²) in [4.78, 5) is 24.3. The van der Waals surface area contributed by atoms with E-state index in [-0.39, 0.29) is 17.1 Å². The highest BCUT2D eigenvalue weighted by molar-refractivity contribution is 5.98. The quantitative estimate of drug-likeness (QED) is 0.764. The van der Waals surface area contributed by atoms with Gasteiger partial charge in [-0.25, -0.2) is 4.79 Å². The van der Waals surface area contributed by atoms with Gasteiger partial charge in [0.05, 0.1) is 7.11 Å². The van der Waals surface area contributed by atoms with E-state index in [4.69, 9.17) is 4.74 Å². The number of carbonyl (C=O) groups excluding carboxylic acids is 1. The van der Waals surface area contributed by atoms with Crippen molar-refractivity contribution in [3.63, 3.8) is 0 Å². The van der Waals surface area contributed by atoms with Gasteiger partial charge < -0.3 is 19.9 Å². The number of amides is 1. The van der Waals surface area contributed by atoms with Gasteiger partial charge in [0.1, 0.15) is 5.54 Å². The lowest BCUT2D eigenvalue weighted by Gasteiger charge is -2.29. The second-order valence-corrected chi connectivity index (χ2v) is 6.00. The molecule has 138 valence electrons. The summed E-state index contributed by atoms with van der Waals surface area (Å²) in [6.45, 7) is -3.07. The van der Waals surface area contributed by atoms with Crippen molar-refractivity contribution in [3.8, 4) is 11.5 Å². The molecule has 0 spiro atoms. The highest BCUT2D eigenvalue weighted by atomic mass is 19.3. The van der Waals surface area contributed by atoms with Crippen LogP contribution in [0.1, 0.15) is 48.9 Å². The van der Waals surface area contributed by atoms with Crippen LogP contribution in [0.4, 0.5) is 8.78 Å². The van der Waals surface area contributed by atoms with Crippen molar-refractivity contribution in [1.82, 2.24) is 5.32 Å². The first-order valence-corrected chi connectivity index (χ1v) is 8.07. The Morgan fingerprint density at radius 1 is 1.16 bits per heavy atom. The van der Waals surface area contributed by atoms with E-state index in [2.05, 4.69) is 10.1 Å². The number of rotatable bonds is 6. The van der Waals surface area contributed by atoms with E-state index in [1.54, 1.807) is 0 Å². The molecule has 1 saturated carbocycles. The number of carboxylic acids is 1. The van der Waals surface area contributed by atoms with E-state index >= 15 is 0 Å². The van der Waals surface area contributed by atoms with Crippen LogP contribution in [-0.2, 0) is 4.79 Å². The van der Waals surface area contributed by atoms with Gasteiger partial charge in [0.2, 0.25) is 0 Å². The van der Waals surface area contributed by atoms with Crippen LogP contribution >= 0.6 is 0 Å². The van der Waals surface area contributed by atoms with Gasteiger partial charge in [0.15, 0.2) is 11.5 Å². The Morgan fingerprint density at radius 3 is 2.32 bits per heavy atom. The van der Waals surface area contributed by atoms with Crippen LogP contribution < -0.4 is 14.8 Å². The first-order valence-electron chi connectivity index (χ1n) is 8.07. The van der Waals surface area contributed by atoms with Crippen LogP contribution in [0, 0.1) is 0 Å². The van der Waals surface area contributed by atoms with Crippen LogP contribution in [0.25, 0.3) is 0 Å². The minimum absolute atomic E-state index is 0.0290. The number of hydrogen-bond acceptors (Lipinski definition) is 4. The van der Waals surface area contributed by atoms with E-state index in [0.29, 0.717) is 25.7 Å². The van der Waals surface area contributed by atoms with Crippen molar-refractivity contribution in [3.05, 3.63) is 23.8 Å². The van der Waals surface area contributed by atoms with Gasteiger partial charge in [0, 0.05) is 5.56 Å². The fourth-order valence-corrected chi connectivity index (χ4v) is 3.02. The zero-order valence-electron chi connectivity index (χ0n) is 13.9. The largest absolute Gasteiger partial charge is 0.493 e. The van der Waals surface area contributed by atoms with Crippen molar-refractivity contribution in [2.75, 3.05) is 7.11 Å². The van der Waals surface area contributed by atoms with Gasteiger partial charge in [0.25, 0.3) is 5.91 Å². The number of halogens is 2. The molecular weight excluding hydrogens is 336 g/mol. The number of alkyl halides is 2. The molecule has 0 unspecified atom stereocenters. The van der Waals surface area contributed by atoms with Crippen molar-refractivity contribution in [2.45, 2.75) is 50.7 Å². The third kappa shape index (κ3) is 4.58. The van der Waals surface area contributed by atoms with Gasteiger partial charge in [-0.15, -0.1) is 0 Å². The molecule has 0 bridgehead atoms. The van der Waals surface area contributed by atoms with Crippen molar-refractivity contribution < 1.29 is 33.0 Å². The molecule has 1 aromatic rings. The van der Waals surface area contributed by atoms with Crippen LogP contribution in [0.15, 0.2) is 18.2 Å². The lowest BCUT2D eigenvalue weighted by atomic mass is 9.90. The average Bonchev–Trinajstić information content (AvgIpc) is 2.80. The molecule has 2 rings (SSSR count). The maximum absolute atomic E-state index is 12.5. The molecular formula is C17H21F2NO5. The van der Waals surface area contributed by atoms with Crippen molar-refractivity contribution >= 4 is 11.9 Å². The SMILES string of the molecule is COc1ccc(C(=O)NC2(C(=O)O)CCCCCC2)cc1OC(F)F. The molecule has 0 radical (unpaired) electrons. The summed E-state index contributed by atoms with van der Waals surface area (Å²) >= 11 is 0. The molecule has 0 atom stereocenters. The Morgan fingerprint density at radius 2 is 1.80 bits per heavy atom. The number of carbonyl (C=O) groups is 2. The third-order valence-electron chi connectivity index (χ3n) is 4.36. The molecule has 2 N–H and O–H groups in total. The van der Waals surface area contributed by atoms with Gasteiger partial charge in [-0.2, -0.15) is 8.78 Å². The summed E-state index contributed by atoms with van der Waals surface area (Å²) in [5, 5.41) is 12.2. The van der Waals surface area contributed by atoms with E-state index < -0.39 is 24.0 Å². The number of carboxylic acid groups (broad SMARTS) is 1. The summed E-state index contributed by atoms with van der Waals surface area (Å²) in [7, 11) is 1.29. The van der Waals surface area contributed by atoms with E-state index in [1.165, 1.54) is 19.2 Å². The summed E-state index contributed by atoms with van der Waals surface area (Å²) in [5.41, 5.74) is -1.31. The Labute approximate surface area is 144 Å². The number of methoxy groups -OCH3 is 1. The molecule has 1 aliphatic rings. The molecule has 25 heavy (non-hydrogen) atoms. The maximum Gasteiger partial charge on any atom is 0.387 e. The summed E-state index contributed by atoms with van der Waals surface area (Å²) in [6.07, 6.45) is 3.92. The first kappa shape index (κ1) is 19.0. The van der Waals surface area contributed by atoms with Crippen LogP contribution in [0.2, 0.25) is 0 Å². The molecule has 6 nitrogen and oxygen atoms in total. The van der Waals surface area contributed by atoms with Gasteiger partial charge in [-0.1, -0.05) is 25.7 Å². The molecule has 1 aromatic carbocycles. The van der Waals surface area contributed by atoms with E-state index in [0.717, 1.165) is 18.9 Å². The summed E-state index contributed by atoms with van der Waals surface area (Å²) < 4.78 is 34.3. The topological polar surface area (TPSA) is 84.9 Å². The zero-order chi connectivity index (χ0) is 18.4. The van der Waals surface area contributed by atoms with Gasteiger partial charge in [-0.05, 0) is 31.0 Å². The van der Waals surface area contributed by atoms with Crippen molar-refractivity contribution in [2.24, 2.45) is 0 Å². The van der Waals surface area contributed by atoms with Gasteiger partial charge in [-0.3, -0.25) is 4.79 Å². The van der Waals surface area contributed by atoms with Crippen molar-refractivity contribution in [1.29, 1.82) is 0 Å². The van der Waals surface area contributed by atoms with Gasteiger partial charge >= 0.3 is 12.6 Å². The molecule has 0 aliphatic heterocycles. The number of aliphatic carboxylic acids is 1. The normalized spacial score (nSPS) is 16.8. The lowest BCUT2D eigenvalue weighted by Crippen LogP contribution is -2.54. The van der Waals surface area contributed by atoms with Crippen LogP contribution in [0.3, 0.4) is 0 Å². The Kier molecular flexibility index (Phi) is 6.17. The maximum atomic E-state index is 12.5. The minimum Gasteiger partial charge on any atom is -0.493 e. The number of hydrogen-bond donors (Lipinski definition) is 2. The first-order chi connectivity index (χ1) is 11.9. The fraction of sp³-hybridized carbons (Fsp3) is 0.529. The number of benzene rings is 1. The fourth-order valence-electron chi connectivity index (χ4n) is 3.02. The average molecular weight is 357 g/mol. The summed E-state index contributed by atoms with van der Waals surface area (Å²) in [6, 6.07) is 3.82. The van der Waals surface area contributed by atoms with Crippen LogP contribution in [-0.4, -0.2) is 36.2 Å². The highest BCUT2D eigenvalue weighted by Gasteiger charge is 2.40. The predicted molar refractivity (Wildman–Crippen MR) is 85.2 cm³/mol. The predicted octanol–water partition coefficient (Wildman–Crippen LogP) is 3.20. The molecule has 0 heterocycles. The van der Waals surface area contributed by atoms with E-state index in [9.17, 15) is 23.5 Å². The van der Waals surface area contributed by atoms with Crippen LogP contribution in [0.5, 0.6) is 11.5 Å². The lowest BCUT2D eigenvalue weighted by molar-refractivity contribution is -0.145. The molecule has 0 aromatic heterocycles. The number of ether oxygens (including phenoxy) is 2. The number of nitrogens with one attached hydrogen (secondary N) is 1. The smallest absolute Gasteiger partial charge is 0.387 e. The van der Waals surface area contributed by atoms with E-state index in [1.807, 2.05) is 0 Å². The molecule has 1 fully saturated rings.